The third-order valence-electron chi connectivity index (χ3n) is 11.7. The molecular formula is C56H83Cl2N15O12. The summed E-state index contributed by atoms with van der Waals surface area (Å²) >= 11 is 11.8. The van der Waals surface area contributed by atoms with Crippen LogP contribution in [0.3, 0.4) is 0 Å². The van der Waals surface area contributed by atoms with E-state index in [1.54, 1.807) is 12.1 Å². The van der Waals surface area contributed by atoms with E-state index in [1.165, 1.54) is 11.6 Å². The average molecular weight is 1230 g/mol. The lowest BCUT2D eigenvalue weighted by Crippen LogP contribution is -2.39. The molecule has 0 atom stereocenters. The molecule has 1 aromatic heterocycles. The number of ether oxygens (including phenoxy) is 8. The largest absolute Gasteiger partial charge is 0.491 e. The molecule has 0 unspecified atom stereocenters. The lowest BCUT2D eigenvalue weighted by atomic mass is 10.1. The Balaban J connectivity index is 0.814. The highest BCUT2D eigenvalue weighted by molar-refractivity contribution is 6.33. The van der Waals surface area contributed by atoms with Crippen LogP contribution in [-0.4, -0.2) is 178 Å². The number of amides is 6. The number of nitrogens with zero attached hydrogens (tertiary/aromatic N) is 4. The fourth-order valence-corrected chi connectivity index (χ4v) is 7.59. The number of carbonyl (C=O) groups excluding carboxylic acids is 4. The van der Waals surface area contributed by atoms with E-state index in [2.05, 4.69) is 51.9 Å². The van der Waals surface area contributed by atoms with Crippen molar-refractivity contribution in [1.82, 2.24) is 41.9 Å². The van der Waals surface area contributed by atoms with Crippen molar-refractivity contribution in [3.63, 3.8) is 0 Å². The quantitative estimate of drug-likeness (QED) is 0.0130. The monoisotopic (exact) mass is 1230 g/mol. The minimum atomic E-state index is -0.685. The summed E-state index contributed by atoms with van der Waals surface area (Å²) in [6.45, 7) is 8.12. The second-order valence-electron chi connectivity index (χ2n) is 18.5. The van der Waals surface area contributed by atoms with Crippen molar-refractivity contribution in [1.29, 1.82) is 0 Å². The van der Waals surface area contributed by atoms with E-state index in [0.29, 0.717) is 161 Å². The number of halogens is 2. The highest BCUT2D eigenvalue weighted by atomic mass is 35.5. The van der Waals surface area contributed by atoms with Crippen molar-refractivity contribution >= 4 is 76.3 Å². The molecule has 0 radical (unpaired) electrons. The van der Waals surface area contributed by atoms with Crippen LogP contribution in [0, 0.1) is 0 Å². The van der Waals surface area contributed by atoms with Gasteiger partial charge in [-0.05, 0) is 105 Å². The van der Waals surface area contributed by atoms with E-state index in [9.17, 15) is 19.2 Å². The van der Waals surface area contributed by atoms with Gasteiger partial charge in [-0.15, -0.1) is 0 Å². The number of aromatic nitrogens is 2. The molecule has 0 spiro atoms. The van der Waals surface area contributed by atoms with Crippen LogP contribution in [0.4, 0.5) is 26.9 Å². The number of nitrogen functional groups attached to an aromatic ring is 3. The summed E-state index contributed by atoms with van der Waals surface area (Å²) < 4.78 is 44.8. The molecule has 85 heavy (non-hydrogen) atoms. The number of aryl methyl sites for hydroxylation is 2. The minimum absolute atomic E-state index is 0.0498. The Morgan fingerprint density at radius 1 is 0.459 bits per heavy atom. The van der Waals surface area contributed by atoms with Crippen molar-refractivity contribution in [3.8, 4) is 11.5 Å². The number of carbonyl (C=O) groups is 4. The summed E-state index contributed by atoms with van der Waals surface area (Å²) in [5, 5.41) is 16.2. The van der Waals surface area contributed by atoms with Gasteiger partial charge in [-0.1, -0.05) is 47.5 Å². The number of nitrogens with two attached hydrogens (primary N) is 5. The Bertz CT molecular complexity index is 2650. The van der Waals surface area contributed by atoms with Gasteiger partial charge in [0.25, 0.3) is 11.8 Å². The van der Waals surface area contributed by atoms with Gasteiger partial charge in [0.2, 0.25) is 0 Å². The Morgan fingerprint density at radius 2 is 0.871 bits per heavy atom. The summed E-state index contributed by atoms with van der Waals surface area (Å²) in [5.74, 6) is 0.149. The lowest BCUT2D eigenvalue weighted by molar-refractivity contribution is 0.0101. The number of nitrogens with one attached hydrogen (secondary N) is 6. The molecule has 6 amide bonds. The van der Waals surface area contributed by atoms with Gasteiger partial charge in [-0.25, -0.2) is 19.6 Å². The van der Waals surface area contributed by atoms with Gasteiger partial charge in [0, 0.05) is 44.8 Å². The van der Waals surface area contributed by atoms with E-state index >= 15 is 0 Å². The molecule has 4 aromatic rings. The minimum Gasteiger partial charge on any atom is -0.491 e. The molecule has 0 saturated carbocycles. The van der Waals surface area contributed by atoms with Crippen molar-refractivity contribution in [2.75, 3.05) is 149 Å². The van der Waals surface area contributed by atoms with Gasteiger partial charge < -0.3 is 87.8 Å². The summed E-state index contributed by atoms with van der Waals surface area (Å²) in [6, 6.07) is 19.8. The summed E-state index contributed by atoms with van der Waals surface area (Å²) in [4.78, 5) is 64.8. The molecule has 27 nitrogen and oxygen atoms in total. The smallest absolute Gasteiger partial charge is 0.314 e. The molecule has 29 heteroatoms. The number of hydrogen-bond donors (Lipinski definition) is 11. The molecule has 0 saturated heterocycles. The second-order valence-corrected chi connectivity index (χ2v) is 19.2. The maximum Gasteiger partial charge on any atom is 0.314 e. The zero-order chi connectivity index (χ0) is 61.1. The van der Waals surface area contributed by atoms with Gasteiger partial charge in [0.15, 0.2) is 34.4 Å². The number of rotatable bonds is 43. The molecule has 1 heterocycles. The van der Waals surface area contributed by atoms with Crippen LogP contribution in [0.2, 0.25) is 10.2 Å². The molecule has 0 aliphatic carbocycles. The van der Waals surface area contributed by atoms with Crippen LogP contribution in [0.5, 0.6) is 11.5 Å². The maximum absolute atomic E-state index is 12.4. The first-order chi connectivity index (χ1) is 41.3. The molecule has 468 valence electrons. The SMILES string of the molecule is NC(=NCCCCc1ccc(OCCOCCOCCOCCNC(=O)NCCCCNC(=O)NCCOCCOCCOCCOc2ccc(CCCCN=C(N)NC(=O)c3nc(Cl)c(N)nc3N)cc2)cc1)NC(=O)c1ccc(N)c(Cl)c1. The normalized spacial score (nSPS) is 11.5. The van der Waals surface area contributed by atoms with Crippen molar-refractivity contribution in [3.05, 3.63) is 99.3 Å². The van der Waals surface area contributed by atoms with Gasteiger partial charge in [-0.2, -0.15) is 0 Å². The first-order valence-electron chi connectivity index (χ1n) is 28.1. The first-order valence-corrected chi connectivity index (χ1v) is 28.8. The second kappa shape index (κ2) is 43.2. The highest BCUT2D eigenvalue weighted by Gasteiger charge is 2.17. The predicted molar refractivity (Wildman–Crippen MR) is 326 cm³/mol. The van der Waals surface area contributed by atoms with E-state index in [0.717, 1.165) is 55.6 Å². The fourth-order valence-electron chi connectivity index (χ4n) is 7.28. The number of anilines is 3. The molecular weight excluding hydrogens is 1150 g/mol. The molecule has 0 bridgehead atoms. The number of hydrogen-bond acceptors (Lipinski definition) is 19. The Labute approximate surface area is 505 Å². The van der Waals surface area contributed by atoms with E-state index in [4.69, 9.17) is 89.8 Å². The topological polar surface area (TPSA) is 395 Å². The molecule has 4 rings (SSSR count). The third kappa shape index (κ3) is 32.4. The number of urea groups is 2. The number of unbranched alkanes of at least 4 members (excludes halogenated alkanes) is 3. The zero-order valence-corrected chi connectivity index (χ0v) is 49.5. The zero-order valence-electron chi connectivity index (χ0n) is 48.0. The average Bonchev–Trinajstić information content (AvgIpc) is 3.67. The summed E-state index contributed by atoms with van der Waals surface area (Å²) in [7, 11) is 0. The van der Waals surface area contributed by atoms with Gasteiger partial charge >= 0.3 is 12.1 Å². The Morgan fingerprint density at radius 3 is 1.32 bits per heavy atom. The van der Waals surface area contributed by atoms with Crippen LogP contribution < -0.4 is 70.0 Å². The van der Waals surface area contributed by atoms with Crippen LogP contribution in [-0.2, 0) is 41.3 Å². The maximum atomic E-state index is 12.4. The fraction of sp³-hybridized carbons (Fsp3) is 0.500. The highest BCUT2D eigenvalue weighted by Crippen LogP contribution is 2.20. The molecule has 0 aliphatic heterocycles. The van der Waals surface area contributed by atoms with E-state index in [-0.39, 0.29) is 46.5 Å². The van der Waals surface area contributed by atoms with Crippen molar-refractivity contribution in [2.24, 2.45) is 21.5 Å². The van der Waals surface area contributed by atoms with E-state index in [1.807, 2.05) is 48.5 Å². The number of guanidine groups is 2. The Kier molecular flexibility index (Phi) is 35.5. The van der Waals surface area contributed by atoms with Crippen LogP contribution >= 0.6 is 23.2 Å². The van der Waals surface area contributed by atoms with E-state index < -0.39 is 11.8 Å². The third-order valence-corrected chi connectivity index (χ3v) is 12.3. The molecule has 3 aromatic carbocycles. The van der Waals surface area contributed by atoms with Crippen molar-refractivity contribution in [2.45, 2.75) is 51.4 Å². The molecule has 16 N–H and O–H groups in total. The standard InChI is InChI=1S/C56H83Cl2N15O12/c57-45-39-42(13-18-46(45)59)51(74)72-53(62)64-19-3-1-7-40-9-14-43(15-10-40)84-37-35-82-33-31-80-29-27-78-25-23-68-55(76)66-21-5-6-22-67-56(77)69-24-26-79-28-30-81-32-34-83-36-38-85-44-16-11-41(12-17-44)8-2-4-20-65-54(63)73-52(75)47-49(60)71-50(61)48(58)70-47/h9-18,39H,1-8,19-38,59H2,(H4,60,61,71)(H2,66,68,76)(H2,67,69,77)(H3,62,64,72,74)(H3,63,65,73,75). The van der Waals surface area contributed by atoms with Crippen molar-refractivity contribution < 1.29 is 57.1 Å². The van der Waals surface area contributed by atoms with Crippen LogP contribution in [0.15, 0.2) is 76.7 Å². The predicted octanol–water partition coefficient (Wildman–Crippen LogP) is 3.60. The summed E-state index contributed by atoms with van der Waals surface area (Å²) in [6.07, 6.45) is 6.41. The van der Waals surface area contributed by atoms with Gasteiger partial charge in [-0.3, -0.25) is 30.2 Å². The first kappa shape index (κ1) is 70.0. The molecule has 0 fully saturated rings. The lowest BCUT2D eigenvalue weighted by Gasteiger charge is -2.10. The Hall–Kier alpha value is -7.50. The van der Waals surface area contributed by atoms with Crippen LogP contribution in [0.25, 0.3) is 0 Å². The van der Waals surface area contributed by atoms with Gasteiger partial charge in [0.1, 0.15) is 24.7 Å². The molecule has 0 aliphatic rings. The van der Waals surface area contributed by atoms with Gasteiger partial charge in [0.05, 0.1) is 90.0 Å². The summed E-state index contributed by atoms with van der Waals surface area (Å²) in [5.41, 5.74) is 31.5. The number of aliphatic imine (C=N–C) groups is 2. The number of benzene rings is 3. The van der Waals surface area contributed by atoms with Crippen LogP contribution in [0.1, 0.15) is 70.5 Å².